The molecule has 31 heavy (non-hydrogen) atoms. The molecule has 0 N–H and O–H groups in total. The fourth-order valence-corrected chi connectivity index (χ4v) is 1.96. The number of likely N-dealkylation sites (N-methyl/N-ethyl adjacent to an activating group) is 1. The fourth-order valence-electron chi connectivity index (χ4n) is 1.96. The van der Waals surface area contributed by atoms with Crippen LogP contribution in [-0.2, 0) is 19.1 Å². The Morgan fingerprint density at radius 3 is 1.97 bits per heavy atom. The van der Waals surface area contributed by atoms with Crippen LogP contribution in [0.3, 0.4) is 0 Å². The topological polar surface area (TPSA) is 86.7 Å². The standard InChI is InChI=1S/C12H22O2.C8H14O2.C5H9NO/c1-4-6-7-11(5-2)9-8-10(3)12(13)14;1-6(2)5-10-8(9)7(3)4;1-4-5(7)6(2)3/h8,11H,4-7,9H2,1-3H3,(H,13,14);6H,3,5H2,1-2,4H3;4H,1H2,2-3H3/p-1. The number of nitrogens with zero attached hydrogens (tertiary/aromatic N) is 1. The van der Waals surface area contributed by atoms with Gasteiger partial charge in [-0.3, -0.25) is 4.79 Å². The van der Waals surface area contributed by atoms with Gasteiger partial charge in [0.25, 0.3) is 0 Å². The molecule has 0 saturated carbocycles. The van der Waals surface area contributed by atoms with E-state index in [2.05, 4.69) is 27.0 Å². The van der Waals surface area contributed by atoms with Crippen molar-refractivity contribution in [2.24, 2.45) is 11.8 Å². The lowest BCUT2D eigenvalue weighted by Crippen LogP contribution is -2.23. The number of carboxylic acids is 1. The summed E-state index contributed by atoms with van der Waals surface area (Å²) in [6.07, 6.45) is 8.70. The fraction of sp³-hybridized carbons (Fsp3) is 0.640. The predicted molar refractivity (Wildman–Crippen MR) is 126 cm³/mol. The van der Waals surface area contributed by atoms with Crippen LogP contribution in [0.1, 0.15) is 73.6 Å². The maximum absolute atomic E-state index is 10.7. The second kappa shape index (κ2) is 20.9. The third kappa shape index (κ3) is 23.8. The largest absolute Gasteiger partial charge is 0.545 e. The van der Waals surface area contributed by atoms with Crippen LogP contribution in [0.25, 0.3) is 0 Å². The van der Waals surface area contributed by atoms with E-state index in [1.54, 1.807) is 34.0 Å². The monoisotopic (exact) mass is 438 g/mol. The minimum absolute atomic E-state index is 0.0556. The lowest BCUT2D eigenvalue weighted by atomic mass is 9.95. The number of hydrogen-bond acceptors (Lipinski definition) is 5. The Hall–Kier alpha value is -2.37. The normalized spacial score (nSPS) is 11.2. The molecule has 0 aliphatic rings. The summed E-state index contributed by atoms with van der Waals surface area (Å²) in [5.74, 6) is -0.378. The van der Waals surface area contributed by atoms with Crippen molar-refractivity contribution in [2.75, 3.05) is 20.7 Å². The first-order valence-electron chi connectivity index (χ1n) is 10.9. The number of amides is 1. The van der Waals surface area contributed by atoms with Gasteiger partial charge in [0.1, 0.15) is 0 Å². The molecule has 0 saturated heterocycles. The van der Waals surface area contributed by atoms with Crippen LogP contribution < -0.4 is 5.11 Å². The average molecular weight is 439 g/mol. The van der Waals surface area contributed by atoms with Crippen LogP contribution in [0.4, 0.5) is 0 Å². The molecule has 0 fully saturated rings. The summed E-state index contributed by atoms with van der Waals surface area (Å²) in [6.45, 7) is 18.8. The molecule has 0 heterocycles. The molecule has 0 aromatic rings. The van der Waals surface area contributed by atoms with Gasteiger partial charge < -0.3 is 19.5 Å². The summed E-state index contributed by atoms with van der Waals surface area (Å²) in [7, 11) is 3.37. The number of carboxylic acid groups (broad SMARTS) is 1. The Kier molecular flexibility index (Phi) is 22.4. The average Bonchev–Trinajstić information content (AvgIpc) is 2.71. The van der Waals surface area contributed by atoms with Crippen molar-refractivity contribution in [3.05, 3.63) is 36.5 Å². The van der Waals surface area contributed by atoms with E-state index >= 15 is 0 Å². The van der Waals surface area contributed by atoms with Crippen molar-refractivity contribution in [2.45, 2.75) is 73.6 Å². The zero-order valence-electron chi connectivity index (χ0n) is 21.0. The van der Waals surface area contributed by atoms with Gasteiger partial charge >= 0.3 is 5.97 Å². The van der Waals surface area contributed by atoms with Gasteiger partial charge in [0, 0.05) is 19.7 Å². The number of allylic oxidation sites excluding steroid dienone is 1. The van der Waals surface area contributed by atoms with Crippen LogP contribution >= 0.6 is 0 Å². The first-order valence-corrected chi connectivity index (χ1v) is 10.9. The molecule has 180 valence electrons. The predicted octanol–water partition coefficient (Wildman–Crippen LogP) is 4.31. The Labute approximate surface area is 190 Å². The number of esters is 1. The van der Waals surface area contributed by atoms with Crippen molar-refractivity contribution < 1.29 is 24.2 Å². The van der Waals surface area contributed by atoms with E-state index in [9.17, 15) is 19.5 Å². The maximum Gasteiger partial charge on any atom is 0.333 e. The quantitative estimate of drug-likeness (QED) is 0.354. The molecular formula is C25H44NO5-. The number of carbonyl (C=O) groups excluding carboxylic acids is 3. The zero-order chi connectivity index (χ0) is 25.0. The van der Waals surface area contributed by atoms with Crippen LogP contribution in [-0.4, -0.2) is 43.4 Å². The lowest BCUT2D eigenvalue weighted by Gasteiger charge is -2.12. The third-order valence-electron chi connectivity index (χ3n) is 4.13. The molecule has 0 aromatic carbocycles. The molecule has 0 radical (unpaired) electrons. The first kappa shape index (κ1) is 33.3. The molecule has 0 bridgehead atoms. The maximum atomic E-state index is 10.7. The highest BCUT2D eigenvalue weighted by Gasteiger charge is 2.04. The van der Waals surface area contributed by atoms with Gasteiger partial charge in [-0.1, -0.05) is 72.6 Å². The zero-order valence-corrected chi connectivity index (χ0v) is 21.0. The molecule has 0 rings (SSSR count). The summed E-state index contributed by atoms with van der Waals surface area (Å²) in [5, 5.41) is 10.4. The van der Waals surface area contributed by atoms with E-state index in [0.29, 0.717) is 29.6 Å². The highest BCUT2D eigenvalue weighted by molar-refractivity contribution is 5.87. The van der Waals surface area contributed by atoms with E-state index in [1.165, 1.54) is 30.2 Å². The van der Waals surface area contributed by atoms with Gasteiger partial charge in [0.05, 0.1) is 12.6 Å². The van der Waals surface area contributed by atoms with Gasteiger partial charge in [0.2, 0.25) is 5.91 Å². The lowest BCUT2D eigenvalue weighted by molar-refractivity contribution is -0.299. The number of hydrogen-bond donors (Lipinski definition) is 0. The van der Waals surface area contributed by atoms with Crippen LogP contribution in [0, 0.1) is 11.8 Å². The highest BCUT2D eigenvalue weighted by atomic mass is 16.5. The minimum atomic E-state index is -1.05. The molecule has 1 amide bonds. The van der Waals surface area contributed by atoms with E-state index in [-0.39, 0.29) is 11.9 Å². The van der Waals surface area contributed by atoms with E-state index in [1.807, 2.05) is 13.8 Å². The molecule has 1 unspecified atom stereocenters. The highest BCUT2D eigenvalue weighted by Crippen LogP contribution is 2.17. The molecule has 0 aromatic heterocycles. The second-order valence-electron chi connectivity index (χ2n) is 8.04. The summed E-state index contributed by atoms with van der Waals surface area (Å²) in [6, 6.07) is 0. The Morgan fingerprint density at radius 1 is 1.13 bits per heavy atom. The molecule has 0 aliphatic carbocycles. The van der Waals surface area contributed by atoms with Gasteiger partial charge in [-0.2, -0.15) is 0 Å². The molecule has 0 aliphatic heterocycles. The number of unbranched alkanes of at least 4 members (excludes halogenated alkanes) is 1. The van der Waals surface area contributed by atoms with Crippen molar-refractivity contribution in [1.82, 2.24) is 4.90 Å². The van der Waals surface area contributed by atoms with E-state index in [0.717, 1.165) is 12.8 Å². The van der Waals surface area contributed by atoms with Crippen molar-refractivity contribution in [1.29, 1.82) is 0 Å². The first-order chi connectivity index (χ1) is 14.3. The Balaban J connectivity index is -0.000000404. The van der Waals surface area contributed by atoms with E-state index < -0.39 is 5.97 Å². The Morgan fingerprint density at radius 2 is 1.68 bits per heavy atom. The van der Waals surface area contributed by atoms with Gasteiger partial charge in [-0.15, -0.1) is 0 Å². The Bertz CT molecular complexity index is 576. The second-order valence-corrected chi connectivity index (χ2v) is 8.04. The smallest absolute Gasteiger partial charge is 0.333 e. The number of ether oxygens (including phenoxy) is 1. The van der Waals surface area contributed by atoms with Gasteiger partial charge in [0.15, 0.2) is 0 Å². The van der Waals surface area contributed by atoms with Crippen LogP contribution in [0.5, 0.6) is 0 Å². The number of rotatable bonds is 11. The van der Waals surface area contributed by atoms with Crippen molar-refractivity contribution >= 4 is 17.8 Å². The summed E-state index contributed by atoms with van der Waals surface area (Å²) in [4.78, 5) is 32.9. The van der Waals surface area contributed by atoms with Crippen LogP contribution in [0.15, 0.2) is 36.5 Å². The number of carbonyl (C=O) groups is 3. The molecule has 6 nitrogen and oxygen atoms in total. The molecule has 6 heteroatoms. The minimum Gasteiger partial charge on any atom is -0.545 e. The van der Waals surface area contributed by atoms with Crippen molar-refractivity contribution in [3.8, 4) is 0 Å². The molecular weight excluding hydrogens is 394 g/mol. The third-order valence-corrected chi connectivity index (χ3v) is 4.13. The van der Waals surface area contributed by atoms with Crippen LogP contribution in [0.2, 0.25) is 0 Å². The summed E-state index contributed by atoms with van der Waals surface area (Å²) >= 11 is 0. The van der Waals surface area contributed by atoms with Gasteiger partial charge in [-0.05, 0) is 43.8 Å². The molecule has 0 spiro atoms. The SMILES string of the molecule is C=C(C)C(=O)OCC(C)C.C=CC(=O)N(C)C.CCCCC(CC)CC=C(C)C(=O)[O-]. The molecule has 1 atom stereocenters. The summed E-state index contributed by atoms with van der Waals surface area (Å²) in [5.41, 5.74) is 0.820. The van der Waals surface area contributed by atoms with Gasteiger partial charge in [-0.25, -0.2) is 4.79 Å². The summed E-state index contributed by atoms with van der Waals surface area (Å²) < 4.78 is 4.83. The van der Waals surface area contributed by atoms with Crippen molar-refractivity contribution in [3.63, 3.8) is 0 Å². The number of aliphatic carboxylic acids is 1. The van der Waals surface area contributed by atoms with E-state index in [4.69, 9.17) is 4.74 Å².